The maximum absolute atomic E-state index is 13.2. The number of carbonyl (C=O) groups is 2. The van der Waals surface area contributed by atoms with Gasteiger partial charge in [0.05, 0.1) is 24.9 Å². The molecule has 0 amide bonds. The molecule has 0 radical (unpaired) electrons. The molecule has 1 aromatic carbocycles. The number of carboxylic acid groups (broad SMARTS) is 1. The molecule has 0 spiro atoms. The average Bonchev–Trinajstić information content (AvgIpc) is 3.34. The van der Waals surface area contributed by atoms with Crippen molar-refractivity contribution in [2.75, 3.05) is 19.8 Å². The normalized spacial score (nSPS) is 22.7. The number of hydrogen-bond donors (Lipinski definition) is 3. The number of aromatic nitrogens is 1. The van der Waals surface area contributed by atoms with Crippen molar-refractivity contribution in [1.29, 1.82) is 0 Å². The van der Waals surface area contributed by atoms with Crippen LogP contribution in [0.1, 0.15) is 30.0 Å². The third-order valence-electron chi connectivity index (χ3n) is 5.35. The number of amidine groups is 1. The van der Waals surface area contributed by atoms with Crippen molar-refractivity contribution >= 4 is 52.3 Å². The summed E-state index contributed by atoms with van der Waals surface area (Å²) in [6.45, 7) is 2.62. The summed E-state index contributed by atoms with van der Waals surface area (Å²) in [6.07, 6.45) is 1.02. The minimum absolute atomic E-state index is 0.101. The van der Waals surface area contributed by atoms with E-state index < -0.39 is 30.1 Å². The Morgan fingerprint density at radius 1 is 1.35 bits per heavy atom. The highest BCUT2D eigenvalue weighted by atomic mass is 35.5. The third kappa shape index (κ3) is 5.26. The van der Waals surface area contributed by atoms with Gasteiger partial charge >= 0.3 is 11.9 Å². The van der Waals surface area contributed by atoms with Gasteiger partial charge in [-0.2, -0.15) is 0 Å². The quantitative estimate of drug-likeness (QED) is 0.472. The molecular weight excluding hydrogens is 503 g/mol. The first-order chi connectivity index (χ1) is 16.4. The molecule has 2 aromatic rings. The van der Waals surface area contributed by atoms with Gasteiger partial charge in [0.2, 0.25) is 0 Å². The molecule has 1 aromatic heterocycles. The second-order valence-electron chi connectivity index (χ2n) is 7.50. The summed E-state index contributed by atoms with van der Waals surface area (Å²) in [5.74, 6) is -1.19. The fourth-order valence-corrected chi connectivity index (χ4v) is 4.98. The Hall–Kier alpha value is -2.50. The monoisotopic (exact) mass is 524 g/mol. The van der Waals surface area contributed by atoms with E-state index in [4.69, 9.17) is 37.7 Å². The number of nitrogens with one attached hydrogen (secondary N) is 2. The fourth-order valence-electron chi connectivity index (χ4n) is 3.88. The molecule has 2 aliphatic rings. The lowest BCUT2D eigenvalue weighted by molar-refractivity contribution is -0.146. The average molecular weight is 525 g/mol. The van der Waals surface area contributed by atoms with E-state index in [0.717, 1.165) is 0 Å². The van der Waals surface area contributed by atoms with E-state index in [0.29, 0.717) is 45.3 Å². The number of thiazole rings is 1. The molecule has 0 aliphatic carbocycles. The summed E-state index contributed by atoms with van der Waals surface area (Å²) in [5.41, 5.74) is 1.22. The molecule has 3 atom stereocenters. The van der Waals surface area contributed by atoms with Crippen molar-refractivity contribution in [1.82, 2.24) is 15.6 Å². The molecule has 2 aliphatic heterocycles. The van der Waals surface area contributed by atoms with Gasteiger partial charge in [-0.05, 0) is 19.1 Å². The van der Waals surface area contributed by atoms with Gasteiger partial charge in [-0.3, -0.25) is 15.1 Å². The van der Waals surface area contributed by atoms with Gasteiger partial charge in [0.15, 0.2) is 10.8 Å². The molecule has 0 bridgehead atoms. The summed E-state index contributed by atoms with van der Waals surface area (Å²) in [7, 11) is 0. The predicted molar refractivity (Wildman–Crippen MR) is 128 cm³/mol. The van der Waals surface area contributed by atoms with E-state index in [2.05, 4.69) is 15.6 Å². The number of rotatable bonds is 7. The lowest BCUT2D eigenvalue weighted by atomic mass is 9.92. The first-order valence-electron chi connectivity index (χ1n) is 10.6. The molecule has 34 heavy (non-hydrogen) atoms. The number of hydrogen-bond acceptors (Lipinski definition) is 9. The second kappa shape index (κ2) is 10.8. The van der Waals surface area contributed by atoms with Gasteiger partial charge in [-0.1, -0.05) is 29.3 Å². The Bertz CT molecular complexity index is 1140. The highest BCUT2D eigenvalue weighted by Crippen LogP contribution is 2.38. The van der Waals surface area contributed by atoms with Crippen LogP contribution in [0, 0.1) is 0 Å². The second-order valence-corrected chi connectivity index (χ2v) is 9.24. The van der Waals surface area contributed by atoms with E-state index in [1.54, 1.807) is 31.3 Å². The number of aliphatic carboxylic acids is 1. The number of carboxylic acids is 1. The van der Waals surface area contributed by atoms with Gasteiger partial charge in [0.25, 0.3) is 0 Å². The molecule has 180 valence electrons. The number of morpholine rings is 1. The van der Waals surface area contributed by atoms with Crippen LogP contribution in [0.5, 0.6) is 0 Å². The Kier molecular flexibility index (Phi) is 7.84. The lowest BCUT2D eigenvalue weighted by Gasteiger charge is -2.33. The van der Waals surface area contributed by atoms with E-state index >= 15 is 0 Å². The van der Waals surface area contributed by atoms with Crippen molar-refractivity contribution in [3.05, 3.63) is 61.7 Å². The van der Waals surface area contributed by atoms with E-state index in [1.807, 2.05) is 5.38 Å². The van der Waals surface area contributed by atoms with Crippen LogP contribution in [0.15, 0.2) is 46.0 Å². The SMILES string of the molecule is CCOC(=O)C1=C(CC2OCCNC2C(=O)O)NC(c2nccs2)=NC1c1ccc(Cl)cc1Cl. The standard InChI is InChI=1S/C22H22Cl2N4O5S/c1-2-32-22(31)16-14(10-15-18(21(29)30)25-5-7-33-15)27-19(20-26-6-8-34-20)28-17(16)12-4-3-11(23)9-13(12)24/h3-4,6,8-9,15,17-18,25H,2,5,7,10H2,1H3,(H,27,28)(H,29,30). The first kappa shape index (κ1) is 24.6. The van der Waals surface area contributed by atoms with Gasteiger partial charge in [-0.15, -0.1) is 11.3 Å². The summed E-state index contributed by atoms with van der Waals surface area (Å²) in [4.78, 5) is 34.1. The lowest BCUT2D eigenvalue weighted by Crippen LogP contribution is -2.53. The molecule has 1 saturated heterocycles. The van der Waals surface area contributed by atoms with Crippen LogP contribution in [0.4, 0.5) is 0 Å². The molecule has 12 heteroatoms. The minimum Gasteiger partial charge on any atom is -0.480 e. The Morgan fingerprint density at radius 2 is 2.18 bits per heavy atom. The minimum atomic E-state index is -1.04. The van der Waals surface area contributed by atoms with E-state index in [-0.39, 0.29) is 18.6 Å². The van der Waals surface area contributed by atoms with Crippen LogP contribution in [-0.4, -0.2) is 59.8 Å². The van der Waals surface area contributed by atoms with E-state index in [1.165, 1.54) is 11.3 Å². The summed E-state index contributed by atoms with van der Waals surface area (Å²) >= 11 is 14.0. The highest BCUT2D eigenvalue weighted by Gasteiger charge is 2.38. The molecule has 1 fully saturated rings. The first-order valence-corrected chi connectivity index (χ1v) is 12.2. The smallest absolute Gasteiger partial charge is 0.338 e. The molecule has 3 unspecified atom stereocenters. The molecule has 4 rings (SSSR count). The van der Waals surface area contributed by atoms with Crippen LogP contribution in [0.25, 0.3) is 0 Å². The van der Waals surface area contributed by atoms with E-state index in [9.17, 15) is 14.7 Å². The van der Waals surface area contributed by atoms with Crippen LogP contribution in [0.2, 0.25) is 10.0 Å². The molecule has 9 nitrogen and oxygen atoms in total. The van der Waals surface area contributed by atoms with Gasteiger partial charge in [0, 0.05) is 45.8 Å². The topological polar surface area (TPSA) is 122 Å². The summed E-state index contributed by atoms with van der Waals surface area (Å²) in [6, 6.07) is 3.19. The number of halogens is 2. The predicted octanol–water partition coefficient (Wildman–Crippen LogP) is 3.19. The van der Waals surface area contributed by atoms with Gasteiger partial charge < -0.3 is 19.9 Å². The number of aliphatic imine (C=N–C) groups is 1. The Labute approximate surface area is 209 Å². The van der Waals surface area contributed by atoms with Gasteiger partial charge in [-0.25, -0.2) is 9.78 Å². The Balaban J connectivity index is 1.83. The van der Waals surface area contributed by atoms with Crippen molar-refractivity contribution in [3.63, 3.8) is 0 Å². The van der Waals surface area contributed by atoms with Crippen LogP contribution in [-0.2, 0) is 19.1 Å². The zero-order valence-corrected chi connectivity index (χ0v) is 20.4. The number of esters is 1. The molecule has 3 heterocycles. The number of benzene rings is 1. The van der Waals surface area contributed by atoms with Crippen LogP contribution >= 0.6 is 34.5 Å². The summed E-state index contributed by atoms with van der Waals surface area (Å²) < 4.78 is 11.1. The van der Waals surface area contributed by atoms with Gasteiger partial charge in [0.1, 0.15) is 12.1 Å². The molecular formula is C22H22Cl2N4O5S. The van der Waals surface area contributed by atoms with Crippen LogP contribution in [0.3, 0.4) is 0 Å². The van der Waals surface area contributed by atoms with Crippen molar-refractivity contribution in [3.8, 4) is 0 Å². The fraction of sp³-hybridized carbons (Fsp3) is 0.364. The Morgan fingerprint density at radius 3 is 2.85 bits per heavy atom. The van der Waals surface area contributed by atoms with Crippen molar-refractivity contribution in [2.24, 2.45) is 4.99 Å². The van der Waals surface area contributed by atoms with Crippen molar-refractivity contribution in [2.45, 2.75) is 31.5 Å². The van der Waals surface area contributed by atoms with Crippen molar-refractivity contribution < 1.29 is 24.2 Å². The number of carbonyl (C=O) groups excluding carboxylic acids is 1. The molecule has 3 N–H and O–H groups in total. The zero-order valence-electron chi connectivity index (χ0n) is 18.1. The maximum atomic E-state index is 13.2. The zero-order chi connectivity index (χ0) is 24.2. The third-order valence-corrected chi connectivity index (χ3v) is 6.70. The summed E-state index contributed by atoms with van der Waals surface area (Å²) in [5, 5.41) is 19.0. The molecule has 0 saturated carbocycles. The maximum Gasteiger partial charge on any atom is 0.338 e. The number of nitrogens with zero attached hydrogens (tertiary/aromatic N) is 2. The highest BCUT2D eigenvalue weighted by molar-refractivity contribution is 7.11. The number of ether oxygens (including phenoxy) is 2. The van der Waals surface area contributed by atoms with Crippen LogP contribution < -0.4 is 10.6 Å². The largest absolute Gasteiger partial charge is 0.480 e.